The van der Waals surface area contributed by atoms with Crippen LogP contribution in [0.5, 0.6) is 11.5 Å². The van der Waals surface area contributed by atoms with Crippen LogP contribution in [0.25, 0.3) is 5.65 Å². The van der Waals surface area contributed by atoms with Crippen LogP contribution in [-0.2, 0) is 23.9 Å². The average Bonchev–Trinajstić information content (AvgIpc) is 3.25. The summed E-state index contributed by atoms with van der Waals surface area (Å²) in [5, 5.41) is 2.60. The minimum absolute atomic E-state index is 0.0933. The highest BCUT2D eigenvalue weighted by atomic mass is 35.5. The monoisotopic (exact) mass is 411 g/mol. The van der Waals surface area contributed by atoms with Crippen molar-refractivity contribution in [2.45, 2.75) is 19.1 Å². The number of pyridine rings is 1. The first-order valence-corrected chi connectivity index (χ1v) is 8.57. The Balaban J connectivity index is 1.44. The normalized spacial score (nSPS) is 13.1. The first kappa shape index (κ1) is 18.4. The molecule has 146 valence electrons. The fraction of sp³-hybridized carbons (Fsp3) is 0.222. The molecule has 3 aromatic rings. The number of aromatic nitrogens is 2. The van der Waals surface area contributed by atoms with Crippen LogP contribution in [0.4, 0.5) is 13.2 Å². The van der Waals surface area contributed by atoms with Gasteiger partial charge >= 0.3 is 6.18 Å². The number of amides is 1. The van der Waals surface area contributed by atoms with Crippen molar-refractivity contribution in [2.24, 2.45) is 0 Å². The molecule has 0 unspecified atom stereocenters. The minimum atomic E-state index is -4.52. The van der Waals surface area contributed by atoms with Gasteiger partial charge in [0.25, 0.3) is 0 Å². The molecule has 1 aromatic carbocycles. The molecule has 0 atom stereocenters. The average molecular weight is 412 g/mol. The number of nitrogens with one attached hydrogen (secondary N) is 1. The number of benzene rings is 1. The highest BCUT2D eigenvalue weighted by Gasteiger charge is 2.32. The minimum Gasteiger partial charge on any atom is -0.454 e. The molecule has 0 spiro atoms. The van der Waals surface area contributed by atoms with Crippen LogP contribution in [0, 0.1) is 0 Å². The van der Waals surface area contributed by atoms with Gasteiger partial charge in [-0.15, -0.1) is 0 Å². The lowest BCUT2D eigenvalue weighted by molar-refractivity contribution is -0.137. The molecule has 10 heteroatoms. The summed E-state index contributed by atoms with van der Waals surface area (Å²) >= 11 is 5.90. The molecule has 4 rings (SSSR count). The predicted octanol–water partition coefficient (Wildman–Crippen LogP) is 3.59. The smallest absolute Gasteiger partial charge is 0.417 e. The van der Waals surface area contributed by atoms with Gasteiger partial charge in [-0.05, 0) is 23.8 Å². The summed E-state index contributed by atoms with van der Waals surface area (Å²) in [5.41, 5.74) is 0.407. The maximum absolute atomic E-state index is 12.9. The van der Waals surface area contributed by atoms with Crippen LogP contribution in [0.1, 0.15) is 16.8 Å². The van der Waals surface area contributed by atoms with E-state index in [4.69, 9.17) is 21.1 Å². The second-order valence-corrected chi connectivity index (χ2v) is 6.59. The number of carbonyl (C=O) groups excluding carboxylic acids is 1. The number of halogens is 4. The number of hydrogen-bond acceptors (Lipinski definition) is 4. The third-order valence-corrected chi connectivity index (χ3v) is 4.43. The lowest BCUT2D eigenvalue weighted by Gasteiger charge is -2.07. The van der Waals surface area contributed by atoms with Crippen molar-refractivity contribution in [3.05, 3.63) is 58.5 Å². The number of imidazole rings is 1. The SMILES string of the molecule is O=C(Cc1cn2cc(C(F)(F)F)cc(Cl)c2n1)NCc1ccc2c(c1)OCO2. The summed E-state index contributed by atoms with van der Waals surface area (Å²) in [6.07, 6.45) is -2.37. The largest absolute Gasteiger partial charge is 0.454 e. The molecular weight excluding hydrogens is 399 g/mol. The van der Waals surface area contributed by atoms with Crippen molar-refractivity contribution in [3.63, 3.8) is 0 Å². The lowest BCUT2D eigenvalue weighted by Crippen LogP contribution is -2.24. The molecule has 0 saturated heterocycles. The van der Waals surface area contributed by atoms with Crippen molar-refractivity contribution in [1.29, 1.82) is 0 Å². The number of hydrogen-bond donors (Lipinski definition) is 1. The van der Waals surface area contributed by atoms with Crippen LogP contribution in [0.15, 0.2) is 36.7 Å². The van der Waals surface area contributed by atoms with E-state index in [0.29, 0.717) is 17.2 Å². The standard InChI is InChI=1S/C18H13ClF3N3O3/c19-13-4-11(18(20,21)22)7-25-8-12(24-17(13)25)5-16(26)23-6-10-1-2-14-15(3-10)28-9-27-14/h1-4,7-8H,5-6,9H2,(H,23,26). The van der Waals surface area contributed by atoms with Crippen LogP contribution < -0.4 is 14.8 Å². The predicted molar refractivity (Wildman–Crippen MR) is 93.3 cm³/mol. The van der Waals surface area contributed by atoms with Gasteiger partial charge in [0, 0.05) is 18.9 Å². The van der Waals surface area contributed by atoms with Crippen LogP contribution in [0.2, 0.25) is 5.02 Å². The van der Waals surface area contributed by atoms with Crippen molar-refractivity contribution in [3.8, 4) is 11.5 Å². The zero-order valence-electron chi connectivity index (χ0n) is 14.2. The van der Waals surface area contributed by atoms with Gasteiger partial charge in [-0.1, -0.05) is 17.7 Å². The summed E-state index contributed by atoms with van der Waals surface area (Å²) in [7, 11) is 0. The van der Waals surface area contributed by atoms with E-state index in [1.165, 1.54) is 10.6 Å². The second-order valence-electron chi connectivity index (χ2n) is 6.18. The van der Waals surface area contributed by atoms with Crippen molar-refractivity contribution in [2.75, 3.05) is 6.79 Å². The van der Waals surface area contributed by atoms with E-state index < -0.39 is 11.7 Å². The van der Waals surface area contributed by atoms with Gasteiger partial charge in [-0.2, -0.15) is 13.2 Å². The molecule has 28 heavy (non-hydrogen) atoms. The van der Waals surface area contributed by atoms with E-state index >= 15 is 0 Å². The van der Waals surface area contributed by atoms with Crippen LogP contribution >= 0.6 is 11.6 Å². The highest BCUT2D eigenvalue weighted by Crippen LogP contribution is 2.33. The third-order valence-electron chi connectivity index (χ3n) is 4.15. The molecule has 1 amide bonds. The maximum atomic E-state index is 12.9. The molecule has 0 radical (unpaired) electrons. The highest BCUT2D eigenvalue weighted by molar-refractivity contribution is 6.33. The number of rotatable bonds is 4. The summed E-state index contributed by atoms with van der Waals surface area (Å²) in [5.74, 6) is 0.935. The number of carbonyl (C=O) groups is 1. The number of alkyl halides is 3. The summed E-state index contributed by atoms with van der Waals surface area (Å²) in [6.45, 7) is 0.430. The van der Waals surface area contributed by atoms with Gasteiger partial charge in [0.05, 0.1) is 22.7 Å². The Morgan fingerprint density at radius 1 is 1.21 bits per heavy atom. The lowest BCUT2D eigenvalue weighted by atomic mass is 10.2. The van der Waals surface area contributed by atoms with Crippen molar-refractivity contribution in [1.82, 2.24) is 14.7 Å². The van der Waals surface area contributed by atoms with Gasteiger partial charge in [0.1, 0.15) is 0 Å². The maximum Gasteiger partial charge on any atom is 0.417 e. The van der Waals surface area contributed by atoms with Crippen molar-refractivity contribution < 1.29 is 27.4 Å². The number of nitrogens with zero attached hydrogens (tertiary/aromatic N) is 2. The van der Waals surface area contributed by atoms with E-state index in [9.17, 15) is 18.0 Å². The summed E-state index contributed by atoms with van der Waals surface area (Å²) in [4.78, 5) is 16.3. The van der Waals surface area contributed by atoms with Crippen molar-refractivity contribution >= 4 is 23.2 Å². The van der Waals surface area contributed by atoms with Gasteiger partial charge < -0.3 is 19.2 Å². The molecule has 0 saturated carbocycles. The molecular formula is C18H13ClF3N3O3. The van der Waals surface area contributed by atoms with E-state index in [-0.39, 0.29) is 36.3 Å². The first-order valence-electron chi connectivity index (χ1n) is 8.19. The fourth-order valence-corrected chi connectivity index (χ4v) is 3.08. The zero-order chi connectivity index (χ0) is 19.9. The Labute approximate surface area is 161 Å². The molecule has 3 heterocycles. The number of fused-ring (bicyclic) bond motifs is 2. The molecule has 0 aliphatic carbocycles. The topological polar surface area (TPSA) is 64.9 Å². The molecule has 1 aliphatic rings. The van der Waals surface area contributed by atoms with Gasteiger partial charge in [-0.3, -0.25) is 4.79 Å². The van der Waals surface area contributed by atoms with Gasteiger partial charge in [0.15, 0.2) is 17.1 Å². The van der Waals surface area contributed by atoms with E-state index in [2.05, 4.69) is 10.3 Å². The molecule has 1 aliphatic heterocycles. The first-order chi connectivity index (χ1) is 13.3. The Hall–Kier alpha value is -2.94. The molecule has 2 aromatic heterocycles. The molecule has 1 N–H and O–H groups in total. The quantitative estimate of drug-likeness (QED) is 0.712. The third kappa shape index (κ3) is 3.70. The Morgan fingerprint density at radius 3 is 2.79 bits per heavy atom. The van der Waals surface area contributed by atoms with E-state index in [1.807, 2.05) is 0 Å². The molecule has 0 bridgehead atoms. The van der Waals surface area contributed by atoms with Crippen LogP contribution in [0.3, 0.4) is 0 Å². The Kier molecular flexibility index (Phi) is 4.54. The summed E-state index contributed by atoms with van der Waals surface area (Å²) in [6, 6.07) is 6.14. The Morgan fingerprint density at radius 2 is 2.00 bits per heavy atom. The molecule has 6 nitrogen and oxygen atoms in total. The zero-order valence-corrected chi connectivity index (χ0v) is 15.0. The van der Waals surface area contributed by atoms with E-state index in [0.717, 1.165) is 17.8 Å². The Bertz CT molecular complexity index is 1070. The second kappa shape index (κ2) is 6.90. The van der Waals surface area contributed by atoms with Crippen LogP contribution in [-0.4, -0.2) is 22.1 Å². The van der Waals surface area contributed by atoms with Gasteiger partial charge in [0.2, 0.25) is 12.7 Å². The van der Waals surface area contributed by atoms with E-state index in [1.54, 1.807) is 18.2 Å². The molecule has 0 fully saturated rings. The van der Waals surface area contributed by atoms with Gasteiger partial charge in [-0.25, -0.2) is 4.98 Å². The summed E-state index contributed by atoms with van der Waals surface area (Å²) < 4.78 is 50.3. The number of ether oxygens (including phenoxy) is 2. The fourth-order valence-electron chi connectivity index (χ4n) is 2.83.